The summed E-state index contributed by atoms with van der Waals surface area (Å²) in [5, 5.41) is 3.38. The number of nitrogens with one attached hydrogen (secondary N) is 1. The Morgan fingerprint density at radius 2 is 2.09 bits per heavy atom. The van der Waals surface area contributed by atoms with Crippen LogP contribution in [0.5, 0.6) is 0 Å². The monoisotopic (exact) mass is 323 g/mol. The molecule has 1 fully saturated rings. The average molecular weight is 323 g/mol. The van der Waals surface area contributed by atoms with Gasteiger partial charge in [-0.25, -0.2) is 4.98 Å². The van der Waals surface area contributed by atoms with Crippen molar-refractivity contribution in [2.75, 3.05) is 13.1 Å². The molecule has 0 bridgehead atoms. The Morgan fingerprint density at radius 1 is 1.26 bits per heavy atom. The predicted octanol–water partition coefficient (Wildman–Crippen LogP) is 3.83. The maximum atomic E-state index is 12.7. The van der Waals surface area contributed by atoms with E-state index in [0.717, 1.165) is 50.2 Å². The molecule has 1 unspecified atom stereocenters. The van der Waals surface area contributed by atoms with Gasteiger partial charge in [-0.3, -0.25) is 4.98 Å². The molecule has 2 heterocycles. The van der Waals surface area contributed by atoms with E-state index in [-0.39, 0.29) is 0 Å². The second kappa shape index (κ2) is 6.43. The zero-order valence-corrected chi connectivity index (χ0v) is 13.0. The number of hydrogen-bond acceptors (Lipinski definition) is 3. The van der Waals surface area contributed by atoms with Gasteiger partial charge in [-0.15, -0.1) is 0 Å². The molecule has 1 aromatic heterocycles. The van der Waals surface area contributed by atoms with Crippen LogP contribution in [-0.4, -0.2) is 23.1 Å². The molecule has 6 heteroatoms. The number of piperidine rings is 1. The Labute approximate surface area is 133 Å². The zero-order chi connectivity index (χ0) is 16.4. The molecule has 0 aliphatic carbocycles. The van der Waals surface area contributed by atoms with Crippen LogP contribution in [0.2, 0.25) is 0 Å². The smallest absolute Gasteiger partial charge is 0.316 e. The van der Waals surface area contributed by atoms with E-state index in [0.29, 0.717) is 22.9 Å². The van der Waals surface area contributed by atoms with Gasteiger partial charge in [-0.2, -0.15) is 13.2 Å². The van der Waals surface area contributed by atoms with Crippen LogP contribution in [0, 0.1) is 11.8 Å². The maximum Gasteiger partial charge on any atom is 0.416 e. The molecule has 3 rings (SSSR count). The normalized spacial score (nSPS) is 22.4. The highest BCUT2D eigenvalue weighted by Gasteiger charge is 2.30. The summed E-state index contributed by atoms with van der Waals surface area (Å²) in [5.74, 6) is 1.31. The average Bonchev–Trinajstić information content (AvgIpc) is 2.52. The van der Waals surface area contributed by atoms with Crippen LogP contribution in [0.3, 0.4) is 0 Å². The molecule has 1 aliphatic rings. The largest absolute Gasteiger partial charge is 0.416 e. The van der Waals surface area contributed by atoms with Crippen molar-refractivity contribution in [2.45, 2.75) is 32.4 Å². The first kappa shape index (κ1) is 16.2. The SMILES string of the molecule is C[C@H]1CNCCC1CCc1cnc2cc(C(F)(F)F)ccc2n1. The van der Waals surface area contributed by atoms with Gasteiger partial charge in [0, 0.05) is 6.20 Å². The van der Waals surface area contributed by atoms with Gasteiger partial charge in [-0.1, -0.05) is 6.92 Å². The van der Waals surface area contributed by atoms with Crippen molar-refractivity contribution in [3.8, 4) is 0 Å². The van der Waals surface area contributed by atoms with Crippen LogP contribution in [0.15, 0.2) is 24.4 Å². The third-order valence-electron chi connectivity index (χ3n) is 4.65. The maximum absolute atomic E-state index is 12.7. The van der Waals surface area contributed by atoms with Crippen LogP contribution < -0.4 is 5.32 Å². The van der Waals surface area contributed by atoms with Gasteiger partial charge in [0.2, 0.25) is 0 Å². The number of rotatable bonds is 3. The van der Waals surface area contributed by atoms with Crippen molar-refractivity contribution in [3.05, 3.63) is 35.7 Å². The highest BCUT2D eigenvalue weighted by atomic mass is 19.4. The van der Waals surface area contributed by atoms with Crippen LogP contribution in [0.1, 0.15) is 31.0 Å². The lowest BCUT2D eigenvalue weighted by molar-refractivity contribution is -0.137. The number of aryl methyl sites for hydroxylation is 1. The summed E-state index contributed by atoms with van der Waals surface area (Å²) in [4.78, 5) is 8.63. The van der Waals surface area contributed by atoms with Crippen molar-refractivity contribution in [1.82, 2.24) is 15.3 Å². The third kappa shape index (κ3) is 3.80. The van der Waals surface area contributed by atoms with Crippen molar-refractivity contribution in [3.63, 3.8) is 0 Å². The highest BCUT2D eigenvalue weighted by Crippen LogP contribution is 2.30. The first-order valence-electron chi connectivity index (χ1n) is 7.97. The minimum Gasteiger partial charge on any atom is -0.316 e. The molecular formula is C17H20F3N3. The van der Waals surface area contributed by atoms with Gasteiger partial charge in [0.05, 0.1) is 22.3 Å². The lowest BCUT2D eigenvalue weighted by Crippen LogP contribution is -2.35. The van der Waals surface area contributed by atoms with Gasteiger partial charge in [-0.05, 0) is 62.4 Å². The predicted molar refractivity (Wildman–Crippen MR) is 83.0 cm³/mol. The molecule has 0 spiro atoms. The number of aromatic nitrogens is 2. The van der Waals surface area contributed by atoms with Gasteiger partial charge in [0.25, 0.3) is 0 Å². The van der Waals surface area contributed by atoms with Gasteiger partial charge in [0.15, 0.2) is 0 Å². The molecule has 1 saturated heterocycles. The number of alkyl halides is 3. The molecule has 2 atom stereocenters. The Kier molecular flexibility index (Phi) is 4.53. The Balaban J connectivity index is 1.73. The number of benzene rings is 1. The summed E-state index contributed by atoms with van der Waals surface area (Å²) in [6.45, 7) is 4.36. The fourth-order valence-corrected chi connectivity index (χ4v) is 3.18. The van der Waals surface area contributed by atoms with E-state index in [4.69, 9.17) is 0 Å². The molecule has 0 radical (unpaired) electrons. The van der Waals surface area contributed by atoms with Crippen molar-refractivity contribution in [2.24, 2.45) is 11.8 Å². The Hall–Kier alpha value is -1.69. The van der Waals surface area contributed by atoms with Gasteiger partial charge >= 0.3 is 6.18 Å². The van der Waals surface area contributed by atoms with Crippen LogP contribution in [0.4, 0.5) is 13.2 Å². The van der Waals surface area contributed by atoms with Crippen molar-refractivity contribution >= 4 is 11.0 Å². The minimum absolute atomic E-state index is 0.291. The molecule has 2 aromatic rings. The van der Waals surface area contributed by atoms with Gasteiger partial charge < -0.3 is 5.32 Å². The first-order chi connectivity index (χ1) is 10.9. The van der Waals surface area contributed by atoms with Gasteiger partial charge in [0.1, 0.15) is 0 Å². The van der Waals surface area contributed by atoms with Crippen LogP contribution in [-0.2, 0) is 12.6 Å². The quantitative estimate of drug-likeness (QED) is 0.933. The first-order valence-corrected chi connectivity index (χ1v) is 7.97. The minimum atomic E-state index is -4.35. The van der Waals surface area contributed by atoms with E-state index in [1.54, 1.807) is 6.20 Å². The number of halogens is 3. The van der Waals surface area contributed by atoms with Crippen LogP contribution >= 0.6 is 0 Å². The van der Waals surface area contributed by atoms with E-state index in [2.05, 4.69) is 22.2 Å². The lowest BCUT2D eigenvalue weighted by Gasteiger charge is -2.29. The Bertz CT molecular complexity index is 684. The molecule has 23 heavy (non-hydrogen) atoms. The fourth-order valence-electron chi connectivity index (χ4n) is 3.18. The molecule has 124 valence electrons. The van der Waals surface area contributed by atoms with E-state index in [1.807, 2.05) is 0 Å². The fraction of sp³-hybridized carbons (Fsp3) is 0.529. The van der Waals surface area contributed by atoms with E-state index in [1.165, 1.54) is 6.07 Å². The molecule has 1 aromatic carbocycles. The Morgan fingerprint density at radius 3 is 2.83 bits per heavy atom. The van der Waals surface area contributed by atoms with E-state index in [9.17, 15) is 13.2 Å². The molecule has 0 saturated carbocycles. The van der Waals surface area contributed by atoms with Crippen molar-refractivity contribution < 1.29 is 13.2 Å². The highest BCUT2D eigenvalue weighted by molar-refractivity contribution is 5.75. The summed E-state index contributed by atoms with van der Waals surface area (Å²) >= 11 is 0. The van der Waals surface area contributed by atoms with Crippen LogP contribution in [0.25, 0.3) is 11.0 Å². The topological polar surface area (TPSA) is 37.8 Å². The molecule has 0 amide bonds. The number of hydrogen-bond donors (Lipinski definition) is 1. The zero-order valence-electron chi connectivity index (χ0n) is 13.0. The summed E-state index contributed by atoms with van der Waals surface area (Å²) in [5.41, 5.74) is 0.978. The van der Waals surface area contributed by atoms with E-state index >= 15 is 0 Å². The standard InChI is InChI=1S/C17H20F3N3/c1-11-9-21-7-6-12(11)2-4-14-10-22-16-8-13(17(18,19)20)3-5-15(16)23-14/h3,5,8,10-12,21H,2,4,6-7,9H2,1H3/t11-,12?/m0/s1. The molecule has 1 N–H and O–H groups in total. The summed E-state index contributed by atoms with van der Waals surface area (Å²) in [6.07, 6.45) is 0.285. The molecule has 1 aliphatic heterocycles. The number of fused-ring (bicyclic) bond motifs is 1. The second-order valence-electron chi connectivity index (χ2n) is 6.33. The summed E-state index contributed by atoms with van der Waals surface area (Å²) in [6, 6.07) is 3.53. The molecular weight excluding hydrogens is 303 g/mol. The van der Waals surface area contributed by atoms with E-state index < -0.39 is 11.7 Å². The lowest BCUT2D eigenvalue weighted by atomic mass is 9.84. The second-order valence-corrected chi connectivity index (χ2v) is 6.33. The summed E-state index contributed by atoms with van der Waals surface area (Å²) < 4.78 is 38.1. The summed E-state index contributed by atoms with van der Waals surface area (Å²) in [7, 11) is 0. The molecule has 3 nitrogen and oxygen atoms in total. The van der Waals surface area contributed by atoms with Crippen molar-refractivity contribution in [1.29, 1.82) is 0 Å². The third-order valence-corrected chi connectivity index (χ3v) is 4.65. The number of nitrogens with zero attached hydrogens (tertiary/aromatic N) is 2.